The minimum Gasteiger partial charge on any atom is -0.466 e. The number of imide groups is 1. The maximum absolute atomic E-state index is 12.0. The molecule has 82 valence electrons. The summed E-state index contributed by atoms with van der Waals surface area (Å²) in [6.07, 6.45) is 1.42. The molecule has 0 aliphatic carbocycles. The average molecular weight is 219 g/mol. The predicted octanol–water partition coefficient (Wildman–Crippen LogP) is 0.570. The molecule has 1 unspecified atom stereocenters. The third kappa shape index (κ3) is 1.26. The number of furan rings is 1. The number of carbonyl (C=O) groups excluding carboxylic acids is 2. The first-order valence-corrected chi connectivity index (χ1v) is 4.64. The molecule has 1 aromatic rings. The Balaban J connectivity index is 2.37. The molecule has 1 atom stereocenters. The van der Waals surface area contributed by atoms with Gasteiger partial charge < -0.3 is 9.73 Å². The van der Waals surface area contributed by atoms with E-state index >= 15 is 0 Å². The lowest BCUT2D eigenvalue weighted by atomic mass is 9.99. The summed E-state index contributed by atoms with van der Waals surface area (Å²) >= 11 is 0. The molecule has 3 amide bonds. The van der Waals surface area contributed by atoms with E-state index in [2.05, 4.69) is 5.32 Å². The summed E-state index contributed by atoms with van der Waals surface area (Å²) in [7, 11) is 0. The highest BCUT2D eigenvalue weighted by Gasteiger charge is 2.50. The van der Waals surface area contributed by atoms with Crippen molar-refractivity contribution in [1.82, 2.24) is 10.2 Å². The molecule has 6 heteroatoms. The van der Waals surface area contributed by atoms with Gasteiger partial charge in [0.2, 0.25) is 0 Å². The van der Waals surface area contributed by atoms with Gasteiger partial charge in [0.1, 0.15) is 12.3 Å². The Morgan fingerprint density at radius 3 is 2.94 bits per heavy atom. The number of nitrogens with one attached hydrogen (secondary N) is 1. The Morgan fingerprint density at radius 1 is 1.62 bits per heavy atom. The van der Waals surface area contributed by atoms with Crippen LogP contribution >= 0.6 is 0 Å². The monoisotopic (exact) mass is 219 g/mol. The smallest absolute Gasteiger partial charge is 0.326 e. The first kappa shape index (κ1) is 10.2. The largest absolute Gasteiger partial charge is 0.466 e. The second-order valence-electron chi connectivity index (χ2n) is 3.58. The Bertz CT molecular complexity index is 474. The molecule has 0 saturated carbocycles. The van der Waals surface area contributed by atoms with Crippen LogP contribution in [0, 0.1) is 11.3 Å². The third-order valence-electron chi connectivity index (χ3n) is 2.52. The van der Waals surface area contributed by atoms with Crippen molar-refractivity contribution in [1.29, 1.82) is 5.26 Å². The molecule has 1 saturated heterocycles. The molecule has 0 spiro atoms. The van der Waals surface area contributed by atoms with Crippen molar-refractivity contribution in [2.45, 2.75) is 12.5 Å². The van der Waals surface area contributed by atoms with Gasteiger partial charge in [-0.3, -0.25) is 4.79 Å². The fourth-order valence-electron chi connectivity index (χ4n) is 1.64. The molecule has 0 radical (unpaired) electrons. The number of hydrogen-bond donors (Lipinski definition) is 1. The third-order valence-corrected chi connectivity index (χ3v) is 2.52. The van der Waals surface area contributed by atoms with Crippen LogP contribution in [0.15, 0.2) is 22.8 Å². The Hall–Kier alpha value is -2.29. The van der Waals surface area contributed by atoms with Gasteiger partial charge in [-0.05, 0) is 19.1 Å². The van der Waals surface area contributed by atoms with E-state index in [1.807, 2.05) is 0 Å². The van der Waals surface area contributed by atoms with Gasteiger partial charge in [0.15, 0.2) is 5.54 Å². The van der Waals surface area contributed by atoms with Crippen LogP contribution in [-0.2, 0) is 10.3 Å². The molecule has 1 aromatic heterocycles. The standard InChI is InChI=1S/C10H9N3O3/c1-10(7-3-2-6-16-7)8(14)13(5-4-11)9(15)12-10/h2-3,6H,5H2,1H3,(H,12,15). The van der Waals surface area contributed by atoms with Crippen LogP contribution in [0.25, 0.3) is 0 Å². The van der Waals surface area contributed by atoms with Gasteiger partial charge in [-0.25, -0.2) is 9.69 Å². The molecule has 0 aromatic carbocycles. The van der Waals surface area contributed by atoms with Crippen LogP contribution in [-0.4, -0.2) is 23.4 Å². The fraction of sp³-hybridized carbons (Fsp3) is 0.300. The lowest BCUT2D eigenvalue weighted by Gasteiger charge is -2.17. The molecular weight excluding hydrogens is 210 g/mol. The Kier molecular flexibility index (Phi) is 2.16. The first-order chi connectivity index (χ1) is 7.59. The maximum Gasteiger partial charge on any atom is 0.326 e. The van der Waals surface area contributed by atoms with Gasteiger partial charge in [0.25, 0.3) is 5.91 Å². The van der Waals surface area contributed by atoms with Crippen LogP contribution < -0.4 is 5.32 Å². The summed E-state index contributed by atoms with van der Waals surface area (Å²) < 4.78 is 5.12. The van der Waals surface area contributed by atoms with Crippen molar-refractivity contribution in [2.75, 3.05) is 6.54 Å². The molecule has 1 fully saturated rings. The highest BCUT2D eigenvalue weighted by molar-refractivity contribution is 6.07. The van der Waals surface area contributed by atoms with E-state index in [1.165, 1.54) is 6.26 Å². The van der Waals surface area contributed by atoms with Crippen molar-refractivity contribution < 1.29 is 14.0 Å². The maximum atomic E-state index is 12.0. The van der Waals surface area contributed by atoms with E-state index in [4.69, 9.17) is 9.68 Å². The van der Waals surface area contributed by atoms with Crippen LogP contribution in [0.5, 0.6) is 0 Å². The van der Waals surface area contributed by atoms with Gasteiger partial charge in [-0.2, -0.15) is 5.26 Å². The Labute approximate surface area is 91.4 Å². The van der Waals surface area contributed by atoms with Gasteiger partial charge >= 0.3 is 6.03 Å². The lowest BCUT2D eigenvalue weighted by molar-refractivity contribution is -0.131. The zero-order valence-corrected chi connectivity index (χ0v) is 8.56. The number of carbonyl (C=O) groups is 2. The van der Waals surface area contributed by atoms with E-state index in [-0.39, 0.29) is 6.54 Å². The number of rotatable bonds is 2. The van der Waals surface area contributed by atoms with Crippen molar-refractivity contribution in [2.24, 2.45) is 0 Å². The fourth-order valence-corrected chi connectivity index (χ4v) is 1.64. The van der Waals surface area contributed by atoms with Crippen LogP contribution in [0.1, 0.15) is 12.7 Å². The van der Waals surface area contributed by atoms with Gasteiger partial charge in [-0.1, -0.05) is 0 Å². The summed E-state index contributed by atoms with van der Waals surface area (Å²) in [6.45, 7) is 1.28. The van der Waals surface area contributed by atoms with Gasteiger partial charge in [0, 0.05) is 0 Å². The molecule has 6 nitrogen and oxygen atoms in total. The van der Waals surface area contributed by atoms with Crippen molar-refractivity contribution in [3.05, 3.63) is 24.2 Å². The molecule has 16 heavy (non-hydrogen) atoms. The minimum absolute atomic E-state index is 0.263. The van der Waals surface area contributed by atoms with E-state index in [9.17, 15) is 9.59 Å². The number of hydrogen-bond acceptors (Lipinski definition) is 4. The zero-order valence-electron chi connectivity index (χ0n) is 8.56. The number of nitriles is 1. The van der Waals surface area contributed by atoms with Crippen LogP contribution in [0.2, 0.25) is 0 Å². The lowest BCUT2D eigenvalue weighted by Crippen LogP contribution is -2.40. The average Bonchev–Trinajstić information content (AvgIpc) is 2.83. The molecule has 2 heterocycles. The second kappa shape index (κ2) is 3.38. The highest BCUT2D eigenvalue weighted by atomic mass is 16.3. The highest BCUT2D eigenvalue weighted by Crippen LogP contribution is 2.28. The number of urea groups is 1. The minimum atomic E-state index is -1.21. The predicted molar refractivity (Wildman–Crippen MR) is 51.9 cm³/mol. The normalized spacial score (nSPS) is 24.4. The zero-order chi connectivity index (χ0) is 11.8. The second-order valence-corrected chi connectivity index (χ2v) is 3.58. The van der Waals surface area contributed by atoms with E-state index < -0.39 is 17.5 Å². The molecule has 1 N–H and O–H groups in total. The SMILES string of the molecule is CC1(c2ccco2)NC(=O)N(CC#N)C1=O. The summed E-state index contributed by atoms with van der Waals surface area (Å²) in [4.78, 5) is 24.3. The number of amides is 3. The summed E-state index contributed by atoms with van der Waals surface area (Å²) in [5.41, 5.74) is -1.21. The summed E-state index contributed by atoms with van der Waals surface area (Å²) in [6, 6.07) is 4.43. The van der Waals surface area contributed by atoms with E-state index in [1.54, 1.807) is 25.1 Å². The quantitative estimate of drug-likeness (QED) is 0.582. The molecule has 2 rings (SSSR count). The van der Waals surface area contributed by atoms with Crippen molar-refractivity contribution in [3.8, 4) is 6.07 Å². The van der Waals surface area contributed by atoms with E-state index in [0.717, 1.165) is 4.90 Å². The Morgan fingerprint density at radius 2 is 2.38 bits per heavy atom. The topological polar surface area (TPSA) is 86.3 Å². The van der Waals surface area contributed by atoms with Gasteiger partial charge in [-0.15, -0.1) is 0 Å². The summed E-state index contributed by atoms with van der Waals surface area (Å²) in [5, 5.41) is 11.0. The number of nitrogens with zero attached hydrogens (tertiary/aromatic N) is 2. The molecule has 1 aliphatic rings. The van der Waals surface area contributed by atoms with Crippen LogP contribution in [0.3, 0.4) is 0 Å². The molecule has 0 bridgehead atoms. The van der Waals surface area contributed by atoms with Crippen LogP contribution in [0.4, 0.5) is 4.79 Å². The summed E-state index contributed by atoms with van der Waals surface area (Å²) in [5.74, 6) is -0.125. The first-order valence-electron chi connectivity index (χ1n) is 4.64. The molecule has 1 aliphatic heterocycles. The van der Waals surface area contributed by atoms with Gasteiger partial charge in [0.05, 0.1) is 12.3 Å². The van der Waals surface area contributed by atoms with Crippen molar-refractivity contribution in [3.63, 3.8) is 0 Å². The molecular formula is C10H9N3O3. The van der Waals surface area contributed by atoms with E-state index in [0.29, 0.717) is 5.76 Å². The van der Waals surface area contributed by atoms with Crippen molar-refractivity contribution >= 4 is 11.9 Å².